The number of alkyl halides is 1. The van der Waals surface area contributed by atoms with E-state index in [0.717, 1.165) is 5.56 Å². The monoisotopic (exact) mass is 372 g/mol. The van der Waals surface area contributed by atoms with E-state index < -0.39 is 9.84 Å². The maximum absolute atomic E-state index is 11.4. The van der Waals surface area contributed by atoms with Gasteiger partial charge in [0.1, 0.15) is 11.9 Å². The van der Waals surface area contributed by atoms with Crippen LogP contribution in [-0.4, -0.2) is 26.0 Å². The molecule has 0 aromatic heterocycles. The molecule has 3 nitrogen and oxygen atoms in total. The molecule has 7 heteroatoms. The Labute approximate surface area is 124 Å². The molecule has 18 heavy (non-hydrogen) atoms. The van der Waals surface area contributed by atoms with Crippen LogP contribution in [0.1, 0.15) is 12.0 Å². The lowest BCUT2D eigenvalue weighted by Crippen LogP contribution is -2.18. The van der Waals surface area contributed by atoms with Gasteiger partial charge in [-0.25, -0.2) is 8.42 Å². The van der Waals surface area contributed by atoms with E-state index in [4.69, 9.17) is 27.9 Å². The van der Waals surface area contributed by atoms with E-state index in [2.05, 4.69) is 15.9 Å². The minimum absolute atomic E-state index is 0.0493. The van der Waals surface area contributed by atoms with Gasteiger partial charge in [-0.05, 0) is 18.6 Å². The van der Waals surface area contributed by atoms with Crippen molar-refractivity contribution in [2.24, 2.45) is 0 Å². The van der Waals surface area contributed by atoms with Crippen molar-refractivity contribution < 1.29 is 13.2 Å². The molecular weight excluding hydrogens is 363 g/mol. The number of rotatable bonds is 3. The molecule has 1 unspecified atom stereocenters. The zero-order chi connectivity index (χ0) is 13.3. The second-order valence-electron chi connectivity index (χ2n) is 4.15. The molecule has 1 aliphatic rings. The maximum atomic E-state index is 11.4. The molecule has 0 radical (unpaired) electrons. The number of halogens is 3. The first kappa shape index (κ1) is 14.4. The topological polar surface area (TPSA) is 43.4 Å². The molecule has 1 heterocycles. The first-order chi connectivity index (χ1) is 8.41. The average Bonchev–Trinajstić information content (AvgIpc) is 2.61. The summed E-state index contributed by atoms with van der Waals surface area (Å²) in [5.74, 6) is 0.736. The van der Waals surface area contributed by atoms with Gasteiger partial charge >= 0.3 is 0 Å². The smallest absolute Gasteiger partial charge is 0.154 e. The van der Waals surface area contributed by atoms with Crippen LogP contribution in [0.5, 0.6) is 5.75 Å². The third kappa shape index (κ3) is 3.32. The summed E-state index contributed by atoms with van der Waals surface area (Å²) >= 11 is 15.3. The van der Waals surface area contributed by atoms with Crippen molar-refractivity contribution in [2.45, 2.75) is 17.9 Å². The van der Waals surface area contributed by atoms with Gasteiger partial charge in [0, 0.05) is 15.9 Å². The summed E-state index contributed by atoms with van der Waals surface area (Å²) in [7, 11) is -2.96. The highest BCUT2D eigenvalue weighted by molar-refractivity contribution is 9.08. The Morgan fingerprint density at radius 1 is 1.39 bits per heavy atom. The number of benzene rings is 1. The third-order valence-corrected chi connectivity index (χ3v) is 5.54. The lowest BCUT2D eigenvalue weighted by atomic mass is 10.2. The van der Waals surface area contributed by atoms with Crippen molar-refractivity contribution in [1.29, 1.82) is 0 Å². The van der Waals surface area contributed by atoms with Gasteiger partial charge in [-0.3, -0.25) is 0 Å². The van der Waals surface area contributed by atoms with E-state index in [0.29, 0.717) is 27.5 Å². The molecule has 1 saturated heterocycles. The van der Waals surface area contributed by atoms with E-state index in [9.17, 15) is 8.42 Å². The second kappa shape index (κ2) is 5.57. The van der Waals surface area contributed by atoms with Gasteiger partial charge in [0.25, 0.3) is 0 Å². The van der Waals surface area contributed by atoms with Gasteiger partial charge < -0.3 is 4.74 Å². The molecule has 100 valence electrons. The number of hydrogen-bond acceptors (Lipinski definition) is 3. The Morgan fingerprint density at radius 2 is 2.11 bits per heavy atom. The van der Waals surface area contributed by atoms with Gasteiger partial charge in [-0.2, -0.15) is 0 Å². The molecule has 0 aliphatic carbocycles. The highest BCUT2D eigenvalue weighted by atomic mass is 79.9. The van der Waals surface area contributed by atoms with Gasteiger partial charge in [-0.15, -0.1) is 0 Å². The van der Waals surface area contributed by atoms with Crippen LogP contribution in [0.25, 0.3) is 0 Å². The summed E-state index contributed by atoms with van der Waals surface area (Å²) in [4.78, 5) is 0. The van der Waals surface area contributed by atoms with Gasteiger partial charge in [0.2, 0.25) is 0 Å². The Balaban J connectivity index is 2.24. The van der Waals surface area contributed by atoms with Crippen molar-refractivity contribution in [1.82, 2.24) is 0 Å². The number of hydrogen-bond donors (Lipinski definition) is 0. The summed E-state index contributed by atoms with van der Waals surface area (Å²) in [5.41, 5.74) is 0.816. The fourth-order valence-corrected chi connectivity index (χ4v) is 4.45. The predicted molar refractivity (Wildman–Crippen MR) is 76.8 cm³/mol. The van der Waals surface area contributed by atoms with Crippen LogP contribution in [0, 0.1) is 0 Å². The third-order valence-electron chi connectivity index (χ3n) is 2.70. The first-order valence-corrected chi connectivity index (χ1v) is 9.02. The Bertz CT molecular complexity index is 560. The van der Waals surface area contributed by atoms with Crippen molar-refractivity contribution in [3.63, 3.8) is 0 Å². The van der Waals surface area contributed by atoms with Crippen molar-refractivity contribution >= 4 is 49.0 Å². The van der Waals surface area contributed by atoms with E-state index in [1.54, 1.807) is 12.1 Å². The van der Waals surface area contributed by atoms with Crippen LogP contribution in [0.2, 0.25) is 10.0 Å². The average molecular weight is 374 g/mol. The fraction of sp³-hybridized carbons (Fsp3) is 0.455. The molecule has 1 aromatic carbocycles. The second-order valence-corrected chi connectivity index (χ2v) is 7.79. The first-order valence-electron chi connectivity index (χ1n) is 5.32. The summed E-state index contributed by atoms with van der Waals surface area (Å²) < 4.78 is 28.5. The molecule has 1 atom stereocenters. The Hall–Kier alpha value is 0.0300. The van der Waals surface area contributed by atoms with E-state index in [-0.39, 0.29) is 17.6 Å². The van der Waals surface area contributed by atoms with E-state index >= 15 is 0 Å². The Morgan fingerprint density at radius 3 is 2.67 bits per heavy atom. The van der Waals surface area contributed by atoms with Gasteiger partial charge in [0.05, 0.1) is 16.5 Å². The fourth-order valence-electron chi connectivity index (χ4n) is 1.87. The highest BCUT2D eigenvalue weighted by Gasteiger charge is 2.30. The van der Waals surface area contributed by atoms with Crippen LogP contribution in [0.15, 0.2) is 12.1 Å². The molecule has 0 bridgehead atoms. The van der Waals surface area contributed by atoms with Crippen LogP contribution in [-0.2, 0) is 15.2 Å². The largest absolute Gasteiger partial charge is 0.487 e. The Kier molecular flexibility index (Phi) is 4.47. The van der Waals surface area contributed by atoms with Gasteiger partial charge in [-0.1, -0.05) is 39.1 Å². The lowest BCUT2D eigenvalue weighted by Gasteiger charge is -2.16. The minimum atomic E-state index is -2.96. The van der Waals surface area contributed by atoms with Crippen LogP contribution in [0.3, 0.4) is 0 Å². The van der Waals surface area contributed by atoms with E-state index in [1.165, 1.54) is 0 Å². The molecule has 1 aromatic rings. The molecule has 0 amide bonds. The molecule has 2 rings (SSSR count). The highest BCUT2D eigenvalue weighted by Crippen LogP contribution is 2.35. The summed E-state index contributed by atoms with van der Waals surface area (Å²) in [6.07, 6.45) is 0.176. The normalized spacial score (nSPS) is 22.1. The maximum Gasteiger partial charge on any atom is 0.154 e. The van der Waals surface area contributed by atoms with Crippen LogP contribution >= 0.6 is 39.1 Å². The van der Waals surface area contributed by atoms with E-state index in [1.807, 2.05) is 0 Å². The van der Waals surface area contributed by atoms with Crippen molar-refractivity contribution in [2.75, 3.05) is 11.5 Å². The SMILES string of the molecule is O=S1(=O)CCC(Oc2c(Cl)cc(Cl)cc2CBr)C1. The van der Waals surface area contributed by atoms with Crippen molar-refractivity contribution in [3.8, 4) is 5.75 Å². The zero-order valence-corrected chi connectivity index (χ0v) is 13.2. The lowest BCUT2D eigenvalue weighted by molar-refractivity contribution is 0.227. The minimum Gasteiger partial charge on any atom is -0.487 e. The number of sulfone groups is 1. The molecule has 1 aliphatic heterocycles. The van der Waals surface area contributed by atoms with Crippen molar-refractivity contribution in [3.05, 3.63) is 27.7 Å². The molecular formula is C11H11BrCl2O3S. The summed E-state index contributed by atoms with van der Waals surface area (Å²) in [6, 6.07) is 3.34. The predicted octanol–water partition coefficient (Wildman–Crippen LogP) is 3.45. The molecule has 0 saturated carbocycles. The quantitative estimate of drug-likeness (QED) is 0.762. The van der Waals surface area contributed by atoms with Gasteiger partial charge in [0.15, 0.2) is 9.84 Å². The molecule has 1 fully saturated rings. The standard InChI is InChI=1S/C11H11BrCl2O3S/c12-5-7-3-8(13)4-10(14)11(7)17-9-1-2-18(15,16)6-9/h3-4,9H,1-2,5-6H2. The molecule has 0 N–H and O–H groups in total. The number of ether oxygens (including phenoxy) is 1. The summed E-state index contributed by atoms with van der Waals surface area (Å²) in [6.45, 7) is 0. The zero-order valence-electron chi connectivity index (χ0n) is 9.33. The molecule has 0 spiro atoms. The van der Waals surface area contributed by atoms with Crippen LogP contribution in [0.4, 0.5) is 0 Å². The summed E-state index contributed by atoms with van der Waals surface area (Å²) in [5, 5.41) is 1.48. The van der Waals surface area contributed by atoms with Crippen LogP contribution < -0.4 is 4.74 Å².